The van der Waals surface area contributed by atoms with Gasteiger partial charge < -0.3 is 15.7 Å². The molecule has 0 bridgehead atoms. The zero-order valence-corrected chi connectivity index (χ0v) is 11.5. The van der Waals surface area contributed by atoms with Crippen LogP contribution in [0, 0.1) is 5.92 Å². The van der Waals surface area contributed by atoms with Crippen LogP contribution in [0.5, 0.6) is 0 Å². The zero-order valence-electron chi connectivity index (χ0n) is 10.8. The van der Waals surface area contributed by atoms with Gasteiger partial charge in [-0.25, -0.2) is 4.79 Å². The molecule has 1 unspecified atom stereocenters. The second-order valence-electron chi connectivity index (χ2n) is 4.68. The van der Waals surface area contributed by atoms with Crippen LogP contribution in [-0.4, -0.2) is 30.1 Å². The molecule has 0 aromatic heterocycles. The maximum Gasteiger partial charge on any atom is 0.328 e. The molecule has 1 atom stereocenters. The number of anilines is 1. The molecule has 2 rings (SSSR count). The van der Waals surface area contributed by atoms with Crippen LogP contribution in [0.2, 0.25) is 5.02 Å². The molecule has 1 aliphatic heterocycles. The summed E-state index contributed by atoms with van der Waals surface area (Å²) >= 11 is 6.13. The first-order valence-electron chi connectivity index (χ1n) is 6.23. The van der Waals surface area contributed by atoms with Gasteiger partial charge in [0.1, 0.15) is 0 Å². The van der Waals surface area contributed by atoms with Gasteiger partial charge in [-0.1, -0.05) is 17.7 Å². The van der Waals surface area contributed by atoms with Crippen molar-refractivity contribution in [3.05, 3.63) is 34.9 Å². The van der Waals surface area contributed by atoms with Crippen LogP contribution < -0.4 is 10.6 Å². The Hall–Kier alpha value is -2.01. The van der Waals surface area contributed by atoms with E-state index in [9.17, 15) is 9.59 Å². The third kappa shape index (κ3) is 3.11. The summed E-state index contributed by atoms with van der Waals surface area (Å²) < 4.78 is 0. The van der Waals surface area contributed by atoms with E-state index in [0.717, 1.165) is 11.8 Å². The molecule has 1 heterocycles. The van der Waals surface area contributed by atoms with Crippen LogP contribution in [0.25, 0.3) is 6.08 Å². The van der Waals surface area contributed by atoms with E-state index in [1.54, 1.807) is 12.1 Å². The van der Waals surface area contributed by atoms with Gasteiger partial charge in [0, 0.05) is 35.4 Å². The van der Waals surface area contributed by atoms with Gasteiger partial charge in [0.2, 0.25) is 5.91 Å². The topological polar surface area (TPSA) is 83.6 Å². The molecule has 3 N–H and O–H groups in total. The number of primary amides is 1. The molecule has 1 fully saturated rings. The van der Waals surface area contributed by atoms with Crippen molar-refractivity contribution in [1.29, 1.82) is 0 Å². The number of amides is 1. The number of aliphatic carboxylic acids is 1. The van der Waals surface area contributed by atoms with E-state index in [0.29, 0.717) is 30.1 Å². The molecule has 0 radical (unpaired) electrons. The Kier molecular flexibility index (Phi) is 4.29. The summed E-state index contributed by atoms with van der Waals surface area (Å²) in [6.45, 7) is 1.23. The monoisotopic (exact) mass is 294 g/mol. The third-order valence-electron chi connectivity index (χ3n) is 3.35. The fourth-order valence-electron chi connectivity index (χ4n) is 2.33. The van der Waals surface area contributed by atoms with Crippen LogP contribution in [0.4, 0.5) is 5.69 Å². The molecule has 0 spiro atoms. The summed E-state index contributed by atoms with van der Waals surface area (Å²) in [6.07, 6.45) is 3.22. The third-order valence-corrected chi connectivity index (χ3v) is 3.68. The molecule has 1 saturated heterocycles. The van der Waals surface area contributed by atoms with Crippen molar-refractivity contribution in [2.45, 2.75) is 6.42 Å². The predicted octanol–water partition coefficient (Wildman–Crippen LogP) is 1.75. The molecule has 1 aromatic carbocycles. The Balaban J connectivity index is 2.30. The highest BCUT2D eigenvalue weighted by Crippen LogP contribution is 2.32. The highest BCUT2D eigenvalue weighted by Gasteiger charge is 2.27. The van der Waals surface area contributed by atoms with Gasteiger partial charge in [0.05, 0.1) is 5.92 Å². The summed E-state index contributed by atoms with van der Waals surface area (Å²) in [5.41, 5.74) is 6.78. The van der Waals surface area contributed by atoms with E-state index in [1.807, 2.05) is 11.0 Å². The molecule has 1 aliphatic rings. The van der Waals surface area contributed by atoms with Gasteiger partial charge in [-0.3, -0.25) is 4.79 Å². The van der Waals surface area contributed by atoms with Crippen molar-refractivity contribution in [2.75, 3.05) is 18.0 Å². The molecule has 20 heavy (non-hydrogen) atoms. The quantitative estimate of drug-likeness (QED) is 0.829. The molecular weight excluding hydrogens is 280 g/mol. The van der Waals surface area contributed by atoms with Gasteiger partial charge in [0.25, 0.3) is 0 Å². The van der Waals surface area contributed by atoms with Crippen molar-refractivity contribution in [3.63, 3.8) is 0 Å². The number of nitrogens with two attached hydrogens (primary N) is 1. The average molecular weight is 295 g/mol. The number of halogens is 1. The molecule has 106 valence electrons. The van der Waals surface area contributed by atoms with E-state index >= 15 is 0 Å². The number of rotatable bonds is 4. The van der Waals surface area contributed by atoms with Crippen LogP contribution in [0.1, 0.15) is 12.0 Å². The first-order chi connectivity index (χ1) is 9.49. The number of nitrogens with zero attached hydrogens (tertiary/aromatic N) is 1. The summed E-state index contributed by atoms with van der Waals surface area (Å²) in [7, 11) is 0. The van der Waals surface area contributed by atoms with Crippen LogP contribution in [0.15, 0.2) is 24.3 Å². The van der Waals surface area contributed by atoms with E-state index < -0.39 is 5.97 Å². The summed E-state index contributed by atoms with van der Waals surface area (Å²) in [4.78, 5) is 23.9. The normalized spacial score (nSPS) is 18.6. The number of carbonyl (C=O) groups is 2. The van der Waals surface area contributed by atoms with Crippen molar-refractivity contribution in [1.82, 2.24) is 0 Å². The van der Waals surface area contributed by atoms with E-state index in [4.69, 9.17) is 22.4 Å². The lowest BCUT2D eigenvalue weighted by atomic mass is 10.1. The Morgan fingerprint density at radius 1 is 1.45 bits per heavy atom. The minimum absolute atomic E-state index is 0.176. The lowest BCUT2D eigenvalue weighted by Gasteiger charge is -2.21. The molecule has 0 aliphatic carbocycles. The average Bonchev–Trinajstić information content (AvgIpc) is 2.86. The Morgan fingerprint density at radius 2 is 2.20 bits per heavy atom. The minimum atomic E-state index is -1.03. The highest BCUT2D eigenvalue weighted by atomic mass is 35.5. The van der Waals surface area contributed by atoms with Crippen molar-refractivity contribution < 1.29 is 14.7 Å². The molecule has 1 aromatic rings. The van der Waals surface area contributed by atoms with E-state index in [-0.39, 0.29) is 11.8 Å². The van der Waals surface area contributed by atoms with Gasteiger partial charge in [-0.2, -0.15) is 0 Å². The Labute approximate surface area is 121 Å². The maximum absolute atomic E-state index is 11.2. The predicted molar refractivity (Wildman–Crippen MR) is 77.6 cm³/mol. The van der Waals surface area contributed by atoms with Crippen LogP contribution >= 0.6 is 11.6 Å². The van der Waals surface area contributed by atoms with Crippen LogP contribution in [0.3, 0.4) is 0 Å². The molecule has 1 amide bonds. The van der Waals surface area contributed by atoms with Crippen LogP contribution in [-0.2, 0) is 9.59 Å². The van der Waals surface area contributed by atoms with E-state index in [2.05, 4.69) is 0 Å². The SMILES string of the molecule is NC(=O)C1CCN(c2cccc(Cl)c2/C=C/C(=O)O)C1. The minimum Gasteiger partial charge on any atom is -0.478 e. The number of hydrogen-bond acceptors (Lipinski definition) is 3. The smallest absolute Gasteiger partial charge is 0.328 e. The van der Waals surface area contributed by atoms with Crippen molar-refractivity contribution >= 4 is 35.2 Å². The lowest BCUT2D eigenvalue weighted by molar-refractivity contribution is -0.131. The zero-order chi connectivity index (χ0) is 14.7. The first-order valence-corrected chi connectivity index (χ1v) is 6.60. The van der Waals surface area contributed by atoms with Crippen molar-refractivity contribution in [2.24, 2.45) is 11.7 Å². The largest absolute Gasteiger partial charge is 0.478 e. The standard InChI is InChI=1S/C14H15ClN2O3/c15-11-2-1-3-12(10(11)4-5-13(18)19)17-7-6-9(8-17)14(16)20/h1-5,9H,6-8H2,(H2,16,20)(H,18,19)/b5-4+. The maximum atomic E-state index is 11.2. The summed E-state index contributed by atoms with van der Waals surface area (Å²) in [5, 5.41) is 9.21. The van der Waals surface area contributed by atoms with Gasteiger partial charge >= 0.3 is 5.97 Å². The first kappa shape index (κ1) is 14.4. The molecule has 6 heteroatoms. The number of carboxylic acid groups (broad SMARTS) is 1. The van der Waals surface area contributed by atoms with Gasteiger partial charge in [0.15, 0.2) is 0 Å². The fourth-order valence-corrected chi connectivity index (χ4v) is 2.56. The highest BCUT2D eigenvalue weighted by molar-refractivity contribution is 6.32. The summed E-state index contributed by atoms with van der Waals surface area (Å²) in [6, 6.07) is 5.36. The van der Waals surface area contributed by atoms with Crippen molar-refractivity contribution in [3.8, 4) is 0 Å². The fraction of sp³-hybridized carbons (Fsp3) is 0.286. The Morgan fingerprint density at radius 3 is 2.80 bits per heavy atom. The number of carbonyl (C=O) groups excluding carboxylic acids is 1. The number of benzene rings is 1. The van der Waals surface area contributed by atoms with Gasteiger partial charge in [-0.15, -0.1) is 0 Å². The molecule has 0 saturated carbocycles. The number of hydrogen-bond donors (Lipinski definition) is 2. The Bertz CT molecular complexity index is 572. The second-order valence-corrected chi connectivity index (χ2v) is 5.09. The van der Waals surface area contributed by atoms with E-state index in [1.165, 1.54) is 6.08 Å². The molecular formula is C14H15ClN2O3. The lowest BCUT2D eigenvalue weighted by Crippen LogP contribution is -2.27. The molecule has 5 nitrogen and oxygen atoms in total. The number of carboxylic acids is 1. The summed E-state index contributed by atoms with van der Waals surface area (Å²) in [5.74, 6) is -1.52. The van der Waals surface area contributed by atoms with Gasteiger partial charge in [-0.05, 0) is 24.6 Å². The second kappa shape index (κ2) is 5.96.